The summed E-state index contributed by atoms with van der Waals surface area (Å²) in [5, 5.41) is 0.450. The number of hydrogen-bond donors (Lipinski definition) is 0. The molecule has 0 aliphatic carbocycles. The molecule has 0 bridgehead atoms. The van der Waals surface area contributed by atoms with Gasteiger partial charge in [0, 0.05) is 6.42 Å². The molecule has 1 aliphatic heterocycles. The van der Waals surface area contributed by atoms with Crippen molar-refractivity contribution in [3.63, 3.8) is 0 Å². The molecule has 6 nitrogen and oxygen atoms in total. The zero-order valence-electron chi connectivity index (χ0n) is 15.2. The van der Waals surface area contributed by atoms with Crippen molar-refractivity contribution < 1.29 is 23.1 Å². The summed E-state index contributed by atoms with van der Waals surface area (Å²) < 4.78 is 22.2. The Morgan fingerprint density at radius 1 is 1.00 bits per heavy atom. The molecule has 1 amide bonds. The van der Waals surface area contributed by atoms with E-state index in [1.807, 2.05) is 18.2 Å². The molecule has 0 fully saturated rings. The largest absolute Gasteiger partial charge is 0.489 e. The molecule has 1 aliphatic rings. The average molecular weight is 402 g/mol. The molecule has 2 aromatic heterocycles. The minimum absolute atomic E-state index is 0.0710. The lowest BCUT2D eigenvalue weighted by Crippen LogP contribution is -2.31. The SMILES string of the molecule is O=C(Cc1cc(Cl)c2c(c1)OCCCO2)N(Cc1ccco1)Cc1ccco1. The van der Waals surface area contributed by atoms with Gasteiger partial charge in [0.2, 0.25) is 5.91 Å². The highest BCUT2D eigenvalue weighted by atomic mass is 35.5. The first-order valence-electron chi connectivity index (χ1n) is 9.09. The Morgan fingerprint density at radius 3 is 2.32 bits per heavy atom. The summed E-state index contributed by atoms with van der Waals surface area (Å²) in [7, 11) is 0. The number of hydrogen-bond acceptors (Lipinski definition) is 5. The topological polar surface area (TPSA) is 65.1 Å². The summed E-state index contributed by atoms with van der Waals surface area (Å²) in [6, 6.07) is 10.9. The molecule has 4 rings (SSSR count). The maximum Gasteiger partial charge on any atom is 0.227 e. The zero-order valence-corrected chi connectivity index (χ0v) is 16.0. The van der Waals surface area contributed by atoms with E-state index in [0.29, 0.717) is 54.3 Å². The molecule has 0 N–H and O–H groups in total. The third kappa shape index (κ3) is 4.34. The lowest BCUT2D eigenvalue weighted by molar-refractivity contribution is -0.132. The summed E-state index contributed by atoms with van der Waals surface area (Å²) in [5.74, 6) is 2.46. The highest BCUT2D eigenvalue weighted by Gasteiger charge is 2.21. The number of ether oxygens (including phenoxy) is 2. The third-order valence-corrected chi connectivity index (χ3v) is 4.70. The van der Waals surface area contributed by atoms with Gasteiger partial charge in [-0.2, -0.15) is 0 Å². The van der Waals surface area contributed by atoms with Gasteiger partial charge in [0.15, 0.2) is 11.5 Å². The first kappa shape index (κ1) is 18.5. The van der Waals surface area contributed by atoms with Crippen molar-refractivity contribution in [2.45, 2.75) is 25.9 Å². The van der Waals surface area contributed by atoms with Gasteiger partial charge in [0.25, 0.3) is 0 Å². The van der Waals surface area contributed by atoms with Crippen molar-refractivity contribution >= 4 is 17.5 Å². The van der Waals surface area contributed by atoms with Gasteiger partial charge in [-0.05, 0) is 42.0 Å². The number of carbonyl (C=O) groups is 1. The van der Waals surface area contributed by atoms with E-state index in [2.05, 4.69) is 0 Å². The van der Waals surface area contributed by atoms with Crippen LogP contribution in [0.3, 0.4) is 0 Å². The summed E-state index contributed by atoms with van der Waals surface area (Å²) in [4.78, 5) is 14.7. The van der Waals surface area contributed by atoms with Crippen molar-refractivity contribution in [3.8, 4) is 11.5 Å². The van der Waals surface area contributed by atoms with E-state index < -0.39 is 0 Å². The summed E-state index contributed by atoms with van der Waals surface area (Å²) in [5.41, 5.74) is 0.767. The van der Waals surface area contributed by atoms with Crippen molar-refractivity contribution in [1.29, 1.82) is 0 Å². The molecule has 0 radical (unpaired) electrons. The number of fused-ring (bicyclic) bond motifs is 1. The van der Waals surface area contributed by atoms with Crippen molar-refractivity contribution in [2.75, 3.05) is 13.2 Å². The maximum absolute atomic E-state index is 13.0. The summed E-state index contributed by atoms with van der Waals surface area (Å²) in [6.07, 6.45) is 4.15. The second-order valence-electron chi connectivity index (χ2n) is 6.54. The Balaban J connectivity index is 1.53. The Hall–Kier alpha value is -2.86. The Kier molecular flexibility index (Phi) is 5.58. The van der Waals surface area contributed by atoms with E-state index in [4.69, 9.17) is 29.9 Å². The van der Waals surface area contributed by atoms with Gasteiger partial charge in [0.1, 0.15) is 11.5 Å². The van der Waals surface area contributed by atoms with Crippen LogP contribution in [0.2, 0.25) is 5.02 Å². The zero-order chi connectivity index (χ0) is 19.3. The Morgan fingerprint density at radius 2 is 1.68 bits per heavy atom. The minimum Gasteiger partial charge on any atom is -0.489 e. The van der Waals surface area contributed by atoms with E-state index in [0.717, 1.165) is 12.0 Å². The van der Waals surface area contributed by atoms with Gasteiger partial charge in [-0.15, -0.1) is 0 Å². The number of amides is 1. The maximum atomic E-state index is 13.0. The number of halogens is 1. The summed E-state index contributed by atoms with van der Waals surface area (Å²) >= 11 is 6.35. The second kappa shape index (κ2) is 8.44. The van der Waals surface area contributed by atoms with Gasteiger partial charge in [-0.1, -0.05) is 11.6 Å². The number of carbonyl (C=O) groups excluding carboxylic acids is 1. The third-order valence-electron chi connectivity index (χ3n) is 4.42. The quantitative estimate of drug-likeness (QED) is 0.610. The predicted octanol–water partition coefficient (Wildman–Crippen LogP) is 4.46. The van der Waals surface area contributed by atoms with Crippen LogP contribution in [0, 0.1) is 0 Å². The molecular formula is C21H20ClNO5. The molecule has 7 heteroatoms. The lowest BCUT2D eigenvalue weighted by Gasteiger charge is -2.21. The standard InChI is InChI=1S/C21H20ClNO5/c22-18-10-15(11-19-21(18)28-9-3-8-27-19)12-20(24)23(13-16-4-1-6-25-16)14-17-5-2-7-26-17/h1-2,4-7,10-11H,3,8-9,12-14H2. The number of furan rings is 2. The predicted molar refractivity (Wildman–Crippen MR) is 102 cm³/mol. The van der Waals surface area contributed by atoms with Gasteiger partial charge in [0.05, 0.1) is 50.3 Å². The molecule has 28 heavy (non-hydrogen) atoms. The minimum atomic E-state index is -0.0710. The first-order valence-corrected chi connectivity index (χ1v) is 9.47. The van der Waals surface area contributed by atoms with Crippen molar-refractivity contribution in [2.24, 2.45) is 0 Å². The lowest BCUT2D eigenvalue weighted by atomic mass is 10.1. The highest BCUT2D eigenvalue weighted by molar-refractivity contribution is 6.32. The van der Waals surface area contributed by atoms with Crippen LogP contribution in [0.4, 0.5) is 0 Å². The normalized spacial score (nSPS) is 13.2. The van der Waals surface area contributed by atoms with Crippen molar-refractivity contribution in [1.82, 2.24) is 4.90 Å². The van der Waals surface area contributed by atoms with Crippen LogP contribution in [0.15, 0.2) is 57.8 Å². The second-order valence-corrected chi connectivity index (χ2v) is 6.95. The summed E-state index contributed by atoms with van der Waals surface area (Å²) in [6.45, 7) is 1.82. The van der Waals surface area contributed by atoms with E-state index in [1.165, 1.54) is 0 Å². The van der Waals surface area contributed by atoms with Gasteiger partial charge < -0.3 is 23.2 Å². The van der Waals surface area contributed by atoms with Crippen LogP contribution in [-0.4, -0.2) is 24.0 Å². The van der Waals surface area contributed by atoms with E-state index >= 15 is 0 Å². The number of nitrogens with zero attached hydrogens (tertiary/aromatic N) is 1. The molecular weight excluding hydrogens is 382 g/mol. The molecule has 1 aromatic carbocycles. The van der Waals surface area contributed by atoms with Crippen LogP contribution in [0.25, 0.3) is 0 Å². The Bertz CT molecular complexity index is 884. The van der Waals surface area contributed by atoms with Crippen LogP contribution < -0.4 is 9.47 Å². The molecule has 0 unspecified atom stereocenters. The molecule has 146 valence electrons. The van der Waals surface area contributed by atoms with E-state index in [9.17, 15) is 4.79 Å². The van der Waals surface area contributed by atoms with Gasteiger partial charge in [-0.25, -0.2) is 0 Å². The van der Waals surface area contributed by atoms with Crippen LogP contribution >= 0.6 is 11.6 Å². The van der Waals surface area contributed by atoms with Crippen LogP contribution in [-0.2, 0) is 24.3 Å². The molecule has 3 heterocycles. The molecule has 0 atom stereocenters. The number of benzene rings is 1. The van der Waals surface area contributed by atoms with E-state index in [1.54, 1.807) is 35.6 Å². The van der Waals surface area contributed by atoms with Gasteiger partial charge in [-0.3, -0.25) is 4.79 Å². The van der Waals surface area contributed by atoms with E-state index in [-0.39, 0.29) is 12.3 Å². The highest BCUT2D eigenvalue weighted by Crippen LogP contribution is 2.38. The monoisotopic (exact) mass is 401 g/mol. The Labute approximate surface area is 167 Å². The molecule has 0 saturated carbocycles. The van der Waals surface area contributed by atoms with Crippen LogP contribution in [0.1, 0.15) is 23.5 Å². The fourth-order valence-electron chi connectivity index (χ4n) is 3.09. The van der Waals surface area contributed by atoms with Crippen LogP contribution in [0.5, 0.6) is 11.5 Å². The smallest absolute Gasteiger partial charge is 0.227 e. The molecule has 0 saturated heterocycles. The van der Waals surface area contributed by atoms with Crippen molar-refractivity contribution in [3.05, 3.63) is 71.0 Å². The molecule has 0 spiro atoms. The molecule has 3 aromatic rings. The van der Waals surface area contributed by atoms with Gasteiger partial charge >= 0.3 is 0 Å². The fraction of sp³-hybridized carbons (Fsp3) is 0.286. The fourth-order valence-corrected chi connectivity index (χ4v) is 3.37. The number of rotatable bonds is 6. The first-order chi connectivity index (χ1) is 13.7. The average Bonchev–Trinajstić information content (AvgIpc) is 3.32.